The van der Waals surface area contributed by atoms with Crippen LogP contribution in [0.5, 0.6) is 0 Å². The minimum Gasteiger partial charge on any atom is -0.355 e. The standard InChI is InChI=1S/C20H28N4OS/c1-14(2)26-18-6-4-16(5-7-18)13-20(25)21-17-8-10-24(11-9-17)19-12-15(3)22-23-19/h4-7,12,14,17H,8-11,13H2,1-3H3,(H,21,25)(H,22,23). The molecule has 2 aromatic rings. The van der Waals surface area contributed by atoms with E-state index in [1.165, 1.54) is 4.90 Å². The molecule has 0 atom stereocenters. The minimum absolute atomic E-state index is 0.114. The van der Waals surface area contributed by atoms with Crippen LogP contribution in [0, 0.1) is 6.92 Å². The zero-order valence-electron chi connectivity index (χ0n) is 15.8. The van der Waals surface area contributed by atoms with Crippen LogP contribution in [0.1, 0.15) is 37.9 Å². The Bertz CT molecular complexity index is 718. The SMILES string of the molecule is Cc1cc(N2CCC(NC(=O)Cc3ccc(SC(C)C)cc3)CC2)n[nH]1. The lowest BCUT2D eigenvalue weighted by molar-refractivity contribution is -0.121. The molecular formula is C20H28N4OS. The van der Waals surface area contributed by atoms with Gasteiger partial charge in [0.05, 0.1) is 6.42 Å². The number of nitrogens with zero attached hydrogens (tertiary/aromatic N) is 2. The molecule has 1 aromatic heterocycles. The van der Waals surface area contributed by atoms with Crippen molar-refractivity contribution in [1.29, 1.82) is 0 Å². The highest BCUT2D eigenvalue weighted by molar-refractivity contribution is 7.99. The third kappa shape index (κ3) is 5.27. The second-order valence-electron chi connectivity index (χ2n) is 7.23. The van der Waals surface area contributed by atoms with Crippen LogP contribution in [-0.4, -0.2) is 40.5 Å². The first-order valence-corrected chi connectivity index (χ1v) is 10.2. The van der Waals surface area contributed by atoms with E-state index in [0.717, 1.165) is 43.0 Å². The lowest BCUT2D eigenvalue weighted by atomic mass is 10.0. The first-order chi connectivity index (χ1) is 12.5. The summed E-state index contributed by atoms with van der Waals surface area (Å²) in [6, 6.07) is 10.7. The van der Waals surface area contributed by atoms with Crippen LogP contribution in [0.4, 0.5) is 5.82 Å². The number of rotatable bonds is 6. The molecule has 140 valence electrons. The number of aromatic amines is 1. The van der Waals surface area contributed by atoms with Crippen LogP contribution in [0.15, 0.2) is 35.2 Å². The van der Waals surface area contributed by atoms with E-state index in [4.69, 9.17) is 0 Å². The van der Waals surface area contributed by atoms with Crippen molar-refractivity contribution in [3.8, 4) is 0 Å². The summed E-state index contributed by atoms with van der Waals surface area (Å²) in [5.74, 6) is 1.12. The fourth-order valence-corrected chi connectivity index (χ4v) is 4.08. The third-order valence-electron chi connectivity index (χ3n) is 4.54. The average molecular weight is 373 g/mol. The van der Waals surface area contributed by atoms with Crippen molar-refractivity contribution in [1.82, 2.24) is 15.5 Å². The molecule has 1 fully saturated rings. The first-order valence-electron chi connectivity index (χ1n) is 9.31. The van der Waals surface area contributed by atoms with Crippen molar-refractivity contribution in [3.63, 3.8) is 0 Å². The number of nitrogens with one attached hydrogen (secondary N) is 2. The van der Waals surface area contributed by atoms with Crippen molar-refractivity contribution < 1.29 is 4.79 Å². The van der Waals surface area contributed by atoms with Gasteiger partial charge in [-0.1, -0.05) is 26.0 Å². The average Bonchev–Trinajstić information content (AvgIpc) is 3.03. The monoisotopic (exact) mass is 372 g/mol. The summed E-state index contributed by atoms with van der Waals surface area (Å²) < 4.78 is 0. The van der Waals surface area contributed by atoms with Gasteiger partial charge in [-0.25, -0.2) is 0 Å². The minimum atomic E-state index is 0.114. The quantitative estimate of drug-likeness (QED) is 0.762. The van der Waals surface area contributed by atoms with E-state index >= 15 is 0 Å². The van der Waals surface area contributed by atoms with Gasteiger partial charge in [0.25, 0.3) is 0 Å². The number of carbonyl (C=O) groups is 1. The van der Waals surface area contributed by atoms with Crippen LogP contribution in [0.2, 0.25) is 0 Å². The zero-order chi connectivity index (χ0) is 18.5. The Morgan fingerprint density at radius 2 is 2.00 bits per heavy atom. The molecule has 26 heavy (non-hydrogen) atoms. The molecule has 0 spiro atoms. The van der Waals surface area contributed by atoms with E-state index in [1.807, 2.05) is 18.7 Å². The summed E-state index contributed by atoms with van der Waals surface area (Å²) in [6.07, 6.45) is 2.37. The maximum absolute atomic E-state index is 12.4. The van der Waals surface area contributed by atoms with Gasteiger partial charge in [-0.3, -0.25) is 9.89 Å². The van der Waals surface area contributed by atoms with Gasteiger partial charge in [-0.05, 0) is 37.5 Å². The highest BCUT2D eigenvalue weighted by Crippen LogP contribution is 2.23. The molecule has 2 heterocycles. The molecule has 0 saturated carbocycles. The van der Waals surface area contributed by atoms with Crippen molar-refractivity contribution in [2.24, 2.45) is 0 Å². The van der Waals surface area contributed by atoms with Gasteiger partial charge >= 0.3 is 0 Å². The van der Waals surface area contributed by atoms with Crippen LogP contribution >= 0.6 is 11.8 Å². The highest BCUT2D eigenvalue weighted by Gasteiger charge is 2.22. The number of thioether (sulfide) groups is 1. The zero-order valence-corrected chi connectivity index (χ0v) is 16.6. The van der Waals surface area contributed by atoms with Crippen molar-refractivity contribution in [2.75, 3.05) is 18.0 Å². The number of amides is 1. The molecule has 1 saturated heterocycles. The lowest BCUT2D eigenvalue weighted by Crippen LogP contribution is -2.45. The number of anilines is 1. The summed E-state index contributed by atoms with van der Waals surface area (Å²) in [5.41, 5.74) is 2.15. The number of hydrogen-bond donors (Lipinski definition) is 2. The number of carbonyl (C=O) groups excluding carboxylic acids is 1. The van der Waals surface area contributed by atoms with Crippen LogP contribution in [-0.2, 0) is 11.2 Å². The second-order valence-corrected chi connectivity index (χ2v) is 8.88. The number of hydrogen-bond acceptors (Lipinski definition) is 4. The molecule has 3 rings (SSSR count). The Labute approximate surface area is 159 Å². The maximum atomic E-state index is 12.4. The van der Waals surface area contributed by atoms with Gasteiger partial charge in [-0.15, -0.1) is 11.8 Å². The summed E-state index contributed by atoms with van der Waals surface area (Å²) in [4.78, 5) is 15.9. The largest absolute Gasteiger partial charge is 0.355 e. The molecule has 1 aliphatic heterocycles. The normalized spacial score (nSPS) is 15.5. The van der Waals surface area contributed by atoms with Crippen molar-refractivity contribution in [2.45, 2.75) is 56.2 Å². The topological polar surface area (TPSA) is 61.0 Å². The third-order valence-corrected chi connectivity index (χ3v) is 5.55. The highest BCUT2D eigenvalue weighted by atomic mass is 32.2. The molecule has 1 aromatic carbocycles. The predicted octanol–water partition coefficient (Wildman–Crippen LogP) is 3.55. The van der Waals surface area contributed by atoms with Crippen molar-refractivity contribution >= 4 is 23.5 Å². The lowest BCUT2D eigenvalue weighted by Gasteiger charge is -2.32. The number of piperidine rings is 1. The fourth-order valence-electron chi connectivity index (χ4n) is 3.24. The Hall–Kier alpha value is -1.95. The van der Waals surface area contributed by atoms with Crippen LogP contribution < -0.4 is 10.2 Å². The van der Waals surface area contributed by atoms with E-state index in [-0.39, 0.29) is 11.9 Å². The van der Waals surface area contributed by atoms with E-state index in [9.17, 15) is 4.79 Å². The number of benzene rings is 1. The van der Waals surface area contributed by atoms with E-state index in [0.29, 0.717) is 11.7 Å². The smallest absolute Gasteiger partial charge is 0.224 e. The fraction of sp³-hybridized carbons (Fsp3) is 0.500. The number of H-pyrrole nitrogens is 1. The van der Waals surface area contributed by atoms with Crippen LogP contribution in [0.3, 0.4) is 0 Å². The molecule has 0 unspecified atom stereocenters. The molecule has 1 amide bonds. The number of aromatic nitrogens is 2. The van der Waals surface area contributed by atoms with Gasteiger partial charge < -0.3 is 10.2 Å². The van der Waals surface area contributed by atoms with E-state index in [2.05, 4.69) is 64.6 Å². The number of aryl methyl sites for hydroxylation is 1. The molecule has 6 heteroatoms. The van der Waals surface area contributed by atoms with Gasteiger partial charge in [0, 0.05) is 41.0 Å². The predicted molar refractivity (Wildman–Crippen MR) is 108 cm³/mol. The van der Waals surface area contributed by atoms with Crippen molar-refractivity contribution in [3.05, 3.63) is 41.6 Å². The Balaban J connectivity index is 1.44. The van der Waals surface area contributed by atoms with Gasteiger partial charge in [0.1, 0.15) is 0 Å². The summed E-state index contributed by atoms with van der Waals surface area (Å²) in [5, 5.41) is 11.1. The van der Waals surface area contributed by atoms with Crippen LogP contribution in [0.25, 0.3) is 0 Å². The second kappa shape index (κ2) is 8.62. The summed E-state index contributed by atoms with van der Waals surface area (Å²) in [6.45, 7) is 8.24. The van der Waals surface area contributed by atoms with E-state index < -0.39 is 0 Å². The molecule has 0 bridgehead atoms. The summed E-state index contributed by atoms with van der Waals surface area (Å²) >= 11 is 1.84. The molecule has 1 aliphatic rings. The van der Waals surface area contributed by atoms with Gasteiger partial charge in [0.15, 0.2) is 5.82 Å². The van der Waals surface area contributed by atoms with E-state index in [1.54, 1.807) is 0 Å². The van der Waals surface area contributed by atoms with Gasteiger partial charge in [-0.2, -0.15) is 5.10 Å². The molecule has 0 radical (unpaired) electrons. The molecular weight excluding hydrogens is 344 g/mol. The first kappa shape index (κ1) is 18.8. The van der Waals surface area contributed by atoms with Gasteiger partial charge in [0.2, 0.25) is 5.91 Å². The Morgan fingerprint density at radius 3 is 2.58 bits per heavy atom. The molecule has 0 aliphatic carbocycles. The Morgan fingerprint density at radius 1 is 1.31 bits per heavy atom. The molecule has 2 N–H and O–H groups in total. The summed E-state index contributed by atoms with van der Waals surface area (Å²) in [7, 11) is 0. The molecule has 5 nitrogen and oxygen atoms in total. The maximum Gasteiger partial charge on any atom is 0.224 e. The Kier molecular flexibility index (Phi) is 6.25.